The van der Waals surface area contributed by atoms with Gasteiger partial charge in [0.15, 0.2) is 0 Å². The highest BCUT2D eigenvalue weighted by atomic mass is 79.9. The number of rotatable bonds is 4. The van der Waals surface area contributed by atoms with Crippen molar-refractivity contribution < 1.29 is 4.79 Å². The monoisotopic (exact) mass is 382 g/mol. The van der Waals surface area contributed by atoms with Crippen LogP contribution in [0.3, 0.4) is 0 Å². The Bertz CT molecular complexity index is 851. The third-order valence-corrected chi connectivity index (χ3v) is 4.24. The Morgan fingerprint density at radius 2 is 1.92 bits per heavy atom. The van der Waals surface area contributed by atoms with Crippen LogP contribution in [0.5, 0.6) is 0 Å². The smallest absolute Gasteiger partial charge is 0.257 e. The first kappa shape index (κ1) is 16.1. The maximum Gasteiger partial charge on any atom is 0.257 e. The molecule has 2 N–H and O–H groups in total. The van der Waals surface area contributed by atoms with E-state index >= 15 is 0 Å². The number of hydrogen-bond acceptors (Lipinski definition) is 4. The Hall–Kier alpha value is -2.73. The highest BCUT2D eigenvalue weighted by Crippen LogP contribution is 2.23. The van der Waals surface area contributed by atoms with Gasteiger partial charge in [0.1, 0.15) is 5.82 Å². The Balaban J connectivity index is 1.67. The number of pyridine rings is 2. The first-order valence-electron chi connectivity index (χ1n) is 7.32. The van der Waals surface area contributed by atoms with Gasteiger partial charge in [0.05, 0.1) is 17.4 Å². The summed E-state index contributed by atoms with van der Waals surface area (Å²) < 4.78 is 1.04. The van der Waals surface area contributed by atoms with Crippen molar-refractivity contribution in [2.75, 3.05) is 10.6 Å². The number of nitrogens with one attached hydrogen (secondary N) is 2. The molecule has 3 rings (SSSR count). The van der Waals surface area contributed by atoms with Crippen LogP contribution in [0.4, 0.5) is 17.2 Å². The van der Waals surface area contributed by atoms with Gasteiger partial charge in [-0.3, -0.25) is 9.78 Å². The molecule has 0 atom stereocenters. The van der Waals surface area contributed by atoms with Gasteiger partial charge in [-0.1, -0.05) is 22.0 Å². The Morgan fingerprint density at radius 1 is 1.08 bits per heavy atom. The fourth-order valence-corrected chi connectivity index (χ4v) is 2.44. The highest BCUT2D eigenvalue weighted by molar-refractivity contribution is 9.10. The number of aromatic nitrogens is 2. The second-order valence-corrected chi connectivity index (χ2v) is 6.07. The van der Waals surface area contributed by atoms with Crippen LogP contribution in [-0.4, -0.2) is 15.9 Å². The molecule has 0 fully saturated rings. The first-order valence-corrected chi connectivity index (χ1v) is 8.12. The minimum absolute atomic E-state index is 0.215. The minimum Gasteiger partial charge on any atom is -0.340 e. The summed E-state index contributed by atoms with van der Waals surface area (Å²) in [5, 5.41) is 6.01. The SMILES string of the molecule is Cc1ccc(Nc2ccc(NC(=O)c3cccnc3)cn2)cc1Br. The van der Waals surface area contributed by atoms with Gasteiger partial charge in [0.25, 0.3) is 5.91 Å². The molecular weight excluding hydrogens is 368 g/mol. The van der Waals surface area contributed by atoms with E-state index in [2.05, 4.69) is 36.5 Å². The Kier molecular flexibility index (Phi) is 4.86. The summed E-state index contributed by atoms with van der Waals surface area (Å²) in [6.07, 6.45) is 4.76. The number of benzene rings is 1. The summed E-state index contributed by atoms with van der Waals surface area (Å²) in [7, 11) is 0. The fraction of sp³-hybridized carbons (Fsp3) is 0.0556. The molecule has 0 unspecified atom stereocenters. The normalized spacial score (nSPS) is 10.2. The maximum absolute atomic E-state index is 12.1. The van der Waals surface area contributed by atoms with Crippen molar-refractivity contribution in [3.05, 3.63) is 76.7 Å². The molecule has 0 aliphatic rings. The van der Waals surface area contributed by atoms with Crippen molar-refractivity contribution in [1.82, 2.24) is 9.97 Å². The lowest BCUT2D eigenvalue weighted by Crippen LogP contribution is -2.12. The predicted octanol–water partition coefficient (Wildman–Crippen LogP) is 4.54. The van der Waals surface area contributed by atoms with Crippen LogP contribution in [0.25, 0.3) is 0 Å². The maximum atomic E-state index is 12.1. The van der Waals surface area contributed by atoms with Crippen LogP contribution in [-0.2, 0) is 0 Å². The van der Waals surface area contributed by atoms with Crippen LogP contribution in [0.1, 0.15) is 15.9 Å². The van der Waals surface area contributed by atoms with Crippen LogP contribution >= 0.6 is 15.9 Å². The van der Waals surface area contributed by atoms with Crippen molar-refractivity contribution in [1.29, 1.82) is 0 Å². The summed E-state index contributed by atoms with van der Waals surface area (Å²) in [6.45, 7) is 2.03. The number of amides is 1. The quantitative estimate of drug-likeness (QED) is 0.694. The van der Waals surface area contributed by atoms with Crippen molar-refractivity contribution in [2.45, 2.75) is 6.92 Å². The highest BCUT2D eigenvalue weighted by Gasteiger charge is 2.06. The standard InChI is InChI=1S/C18H15BrN4O/c1-12-4-5-14(9-16(12)19)22-17-7-6-15(11-21-17)23-18(24)13-3-2-8-20-10-13/h2-11H,1H3,(H,21,22)(H,23,24). The number of hydrogen-bond donors (Lipinski definition) is 2. The molecular formula is C18H15BrN4O. The Labute approximate surface area is 148 Å². The molecule has 1 aromatic carbocycles. The van der Waals surface area contributed by atoms with E-state index in [1.807, 2.05) is 31.2 Å². The molecule has 3 aromatic rings. The summed E-state index contributed by atoms with van der Waals surface area (Å²) in [5.74, 6) is 0.484. The summed E-state index contributed by atoms with van der Waals surface area (Å²) in [5.41, 5.74) is 3.23. The van der Waals surface area contributed by atoms with E-state index in [0.29, 0.717) is 17.1 Å². The van der Waals surface area contributed by atoms with Gasteiger partial charge in [-0.2, -0.15) is 0 Å². The molecule has 0 saturated heterocycles. The lowest BCUT2D eigenvalue weighted by atomic mass is 10.2. The lowest BCUT2D eigenvalue weighted by molar-refractivity contribution is 0.102. The van der Waals surface area contributed by atoms with E-state index in [4.69, 9.17) is 0 Å². The van der Waals surface area contributed by atoms with E-state index in [0.717, 1.165) is 10.2 Å². The van der Waals surface area contributed by atoms with Crippen LogP contribution in [0.2, 0.25) is 0 Å². The zero-order valence-corrected chi connectivity index (χ0v) is 14.5. The van der Waals surface area contributed by atoms with Crippen LogP contribution in [0, 0.1) is 6.92 Å². The molecule has 2 heterocycles. The van der Waals surface area contributed by atoms with Gasteiger partial charge >= 0.3 is 0 Å². The Morgan fingerprint density at radius 3 is 2.58 bits per heavy atom. The molecule has 0 aliphatic heterocycles. The number of aryl methyl sites for hydroxylation is 1. The van der Waals surface area contributed by atoms with Crippen molar-refractivity contribution in [3.63, 3.8) is 0 Å². The second kappa shape index (κ2) is 7.23. The largest absolute Gasteiger partial charge is 0.340 e. The summed E-state index contributed by atoms with van der Waals surface area (Å²) in [6, 6.07) is 13.0. The molecule has 2 aromatic heterocycles. The average molecular weight is 383 g/mol. The second-order valence-electron chi connectivity index (χ2n) is 5.22. The molecule has 0 spiro atoms. The average Bonchev–Trinajstić information content (AvgIpc) is 2.61. The molecule has 1 amide bonds. The molecule has 0 aliphatic carbocycles. The molecule has 0 radical (unpaired) electrons. The van der Waals surface area contributed by atoms with Crippen molar-refractivity contribution in [2.24, 2.45) is 0 Å². The number of nitrogens with zero attached hydrogens (tertiary/aromatic N) is 2. The van der Waals surface area contributed by atoms with Crippen molar-refractivity contribution in [3.8, 4) is 0 Å². The molecule has 0 bridgehead atoms. The molecule has 120 valence electrons. The topological polar surface area (TPSA) is 66.9 Å². The first-order chi connectivity index (χ1) is 11.6. The van der Waals surface area contributed by atoms with Gasteiger partial charge in [0, 0.05) is 22.6 Å². The molecule has 5 nitrogen and oxygen atoms in total. The minimum atomic E-state index is -0.215. The van der Waals surface area contributed by atoms with E-state index < -0.39 is 0 Å². The van der Waals surface area contributed by atoms with Crippen LogP contribution < -0.4 is 10.6 Å². The lowest BCUT2D eigenvalue weighted by Gasteiger charge is -2.09. The van der Waals surface area contributed by atoms with E-state index in [1.165, 1.54) is 11.8 Å². The zero-order chi connectivity index (χ0) is 16.9. The third kappa shape index (κ3) is 3.97. The number of anilines is 3. The predicted molar refractivity (Wildman–Crippen MR) is 98.6 cm³/mol. The summed E-state index contributed by atoms with van der Waals surface area (Å²) in [4.78, 5) is 20.3. The van der Waals surface area contributed by atoms with Gasteiger partial charge < -0.3 is 10.6 Å². The molecule has 0 saturated carbocycles. The molecule has 24 heavy (non-hydrogen) atoms. The van der Waals surface area contributed by atoms with Gasteiger partial charge in [-0.15, -0.1) is 0 Å². The van der Waals surface area contributed by atoms with E-state index in [-0.39, 0.29) is 5.91 Å². The summed E-state index contributed by atoms with van der Waals surface area (Å²) >= 11 is 3.51. The molecule has 6 heteroatoms. The van der Waals surface area contributed by atoms with Crippen molar-refractivity contribution >= 4 is 39.0 Å². The van der Waals surface area contributed by atoms with Gasteiger partial charge in [0.2, 0.25) is 0 Å². The third-order valence-electron chi connectivity index (χ3n) is 3.39. The fourth-order valence-electron chi connectivity index (χ4n) is 2.06. The number of carbonyl (C=O) groups is 1. The van der Waals surface area contributed by atoms with Gasteiger partial charge in [-0.25, -0.2) is 4.98 Å². The number of halogens is 1. The number of carbonyl (C=O) groups excluding carboxylic acids is 1. The van der Waals surface area contributed by atoms with Crippen LogP contribution in [0.15, 0.2) is 65.5 Å². The van der Waals surface area contributed by atoms with E-state index in [9.17, 15) is 4.79 Å². The zero-order valence-electron chi connectivity index (χ0n) is 13.0. The van der Waals surface area contributed by atoms with Gasteiger partial charge in [-0.05, 0) is 48.9 Å². The van der Waals surface area contributed by atoms with E-state index in [1.54, 1.807) is 30.6 Å².